The fourth-order valence-corrected chi connectivity index (χ4v) is 3.56. The quantitative estimate of drug-likeness (QED) is 0.313. The number of benzene rings is 3. The van der Waals surface area contributed by atoms with Gasteiger partial charge in [0.05, 0.1) is 12.9 Å². The summed E-state index contributed by atoms with van der Waals surface area (Å²) in [4.78, 5) is 16.7. The lowest BCUT2D eigenvalue weighted by Crippen LogP contribution is -2.23. The Balaban J connectivity index is 1.44. The lowest BCUT2D eigenvalue weighted by Gasteiger charge is -2.20. The van der Waals surface area contributed by atoms with Crippen LogP contribution in [-0.4, -0.2) is 21.4 Å². The number of aryl methyl sites for hydroxylation is 1. The van der Waals surface area contributed by atoms with Crippen molar-refractivity contribution in [3.8, 4) is 5.75 Å². The van der Waals surface area contributed by atoms with Crippen molar-refractivity contribution in [3.63, 3.8) is 0 Å². The number of hydrogen-bond acceptors (Lipinski definition) is 3. The highest BCUT2D eigenvalue weighted by Gasteiger charge is 2.14. The van der Waals surface area contributed by atoms with Crippen molar-refractivity contribution in [2.75, 3.05) is 0 Å². The van der Waals surface area contributed by atoms with E-state index in [0.717, 1.165) is 23.6 Å². The Kier molecular flexibility index (Phi) is 6.80. The standard InChI is InChI=1S/C26H23ClN2O2/c27-23-11-6-20(7-12-23)8-13-25(18-29-17-16-28-19-29)31-24-14-9-22(10-15-24)26(30)21-4-2-1-3-5-21/h1-7,9-12,14-17,19,25H,8,13,18H2. The molecule has 5 heteroatoms. The van der Waals surface area contributed by atoms with Gasteiger partial charge in [0, 0.05) is 28.5 Å². The first-order valence-corrected chi connectivity index (χ1v) is 10.6. The van der Waals surface area contributed by atoms with Gasteiger partial charge in [-0.15, -0.1) is 0 Å². The molecule has 0 aliphatic rings. The molecule has 3 aromatic carbocycles. The number of nitrogens with zero attached hydrogens (tertiary/aromatic N) is 2. The highest BCUT2D eigenvalue weighted by Crippen LogP contribution is 2.20. The molecule has 4 nitrogen and oxygen atoms in total. The van der Waals surface area contributed by atoms with Gasteiger partial charge < -0.3 is 9.30 Å². The van der Waals surface area contributed by atoms with E-state index in [1.807, 2.05) is 89.6 Å². The summed E-state index contributed by atoms with van der Waals surface area (Å²) >= 11 is 5.99. The van der Waals surface area contributed by atoms with Crippen molar-refractivity contribution < 1.29 is 9.53 Å². The third-order valence-corrected chi connectivity index (χ3v) is 5.35. The van der Waals surface area contributed by atoms with Gasteiger partial charge in [-0.25, -0.2) is 4.98 Å². The number of rotatable bonds is 9. The van der Waals surface area contributed by atoms with E-state index in [0.29, 0.717) is 17.7 Å². The maximum Gasteiger partial charge on any atom is 0.193 e. The van der Waals surface area contributed by atoms with E-state index in [4.69, 9.17) is 16.3 Å². The van der Waals surface area contributed by atoms with Crippen LogP contribution >= 0.6 is 11.6 Å². The summed E-state index contributed by atoms with van der Waals surface area (Å²) in [6.07, 6.45) is 7.16. The molecule has 1 heterocycles. The van der Waals surface area contributed by atoms with Crippen molar-refractivity contribution in [2.45, 2.75) is 25.5 Å². The number of hydrogen-bond donors (Lipinski definition) is 0. The average molecular weight is 431 g/mol. The molecule has 4 rings (SSSR count). The Morgan fingerprint density at radius 2 is 1.65 bits per heavy atom. The van der Waals surface area contributed by atoms with Gasteiger partial charge in [-0.05, 0) is 54.8 Å². The minimum atomic E-state index is -0.0412. The highest BCUT2D eigenvalue weighted by atomic mass is 35.5. The zero-order valence-corrected chi connectivity index (χ0v) is 17.8. The molecule has 0 aliphatic heterocycles. The van der Waals surface area contributed by atoms with Crippen LogP contribution in [0.4, 0.5) is 0 Å². The molecule has 1 aromatic heterocycles. The molecule has 0 spiro atoms. The van der Waals surface area contributed by atoms with Crippen LogP contribution in [-0.2, 0) is 13.0 Å². The summed E-state index contributed by atoms with van der Waals surface area (Å²) in [5.41, 5.74) is 2.54. The van der Waals surface area contributed by atoms with Gasteiger partial charge in [0.1, 0.15) is 11.9 Å². The van der Waals surface area contributed by atoms with E-state index in [2.05, 4.69) is 4.98 Å². The fourth-order valence-electron chi connectivity index (χ4n) is 3.43. The molecule has 0 saturated heterocycles. The Morgan fingerprint density at radius 3 is 2.32 bits per heavy atom. The summed E-state index contributed by atoms with van der Waals surface area (Å²) in [7, 11) is 0. The van der Waals surface area contributed by atoms with E-state index in [1.165, 1.54) is 5.56 Å². The second-order valence-electron chi connectivity index (χ2n) is 7.38. The van der Waals surface area contributed by atoms with Gasteiger partial charge in [0.2, 0.25) is 0 Å². The van der Waals surface area contributed by atoms with Gasteiger partial charge >= 0.3 is 0 Å². The van der Waals surface area contributed by atoms with Gasteiger partial charge in [-0.2, -0.15) is 0 Å². The van der Waals surface area contributed by atoms with Crippen molar-refractivity contribution in [2.24, 2.45) is 0 Å². The van der Waals surface area contributed by atoms with Crippen LogP contribution in [0.5, 0.6) is 5.75 Å². The minimum absolute atomic E-state index is 0.00449. The molecule has 0 radical (unpaired) electrons. The highest BCUT2D eigenvalue weighted by molar-refractivity contribution is 6.30. The Bertz CT molecular complexity index is 1090. The maximum atomic E-state index is 12.6. The molecule has 31 heavy (non-hydrogen) atoms. The second-order valence-corrected chi connectivity index (χ2v) is 7.82. The Morgan fingerprint density at radius 1 is 0.935 bits per heavy atom. The SMILES string of the molecule is O=C(c1ccccc1)c1ccc(OC(CCc2ccc(Cl)cc2)Cn2ccnc2)cc1. The van der Waals surface area contributed by atoms with Crippen molar-refractivity contribution in [1.29, 1.82) is 0 Å². The minimum Gasteiger partial charge on any atom is -0.489 e. The monoisotopic (exact) mass is 430 g/mol. The van der Waals surface area contributed by atoms with Crippen LogP contribution in [0.1, 0.15) is 27.9 Å². The first kappa shape index (κ1) is 20.9. The van der Waals surface area contributed by atoms with Crippen LogP contribution in [0.25, 0.3) is 0 Å². The van der Waals surface area contributed by atoms with E-state index in [1.54, 1.807) is 12.5 Å². The molecule has 0 saturated carbocycles. The number of halogens is 1. The topological polar surface area (TPSA) is 44.1 Å². The van der Waals surface area contributed by atoms with Gasteiger partial charge in [-0.3, -0.25) is 4.79 Å². The van der Waals surface area contributed by atoms with Gasteiger partial charge in [0.25, 0.3) is 0 Å². The number of carbonyl (C=O) groups excluding carboxylic acids is 1. The number of carbonyl (C=O) groups is 1. The third kappa shape index (κ3) is 5.83. The second kappa shape index (κ2) is 10.1. The van der Waals surface area contributed by atoms with Crippen LogP contribution in [0.15, 0.2) is 97.6 Å². The van der Waals surface area contributed by atoms with E-state index in [9.17, 15) is 4.79 Å². The van der Waals surface area contributed by atoms with Gasteiger partial charge in [-0.1, -0.05) is 54.1 Å². The first-order chi connectivity index (χ1) is 15.2. The molecule has 0 N–H and O–H groups in total. The van der Waals surface area contributed by atoms with E-state index >= 15 is 0 Å². The van der Waals surface area contributed by atoms with Crippen molar-refractivity contribution in [1.82, 2.24) is 9.55 Å². The van der Waals surface area contributed by atoms with E-state index in [-0.39, 0.29) is 11.9 Å². The van der Waals surface area contributed by atoms with Crippen LogP contribution < -0.4 is 4.74 Å². The summed E-state index contributed by atoms with van der Waals surface area (Å²) in [5, 5.41) is 0.736. The maximum absolute atomic E-state index is 12.6. The van der Waals surface area contributed by atoms with Crippen LogP contribution in [0.3, 0.4) is 0 Å². The molecule has 1 unspecified atom stereocenters. The summed E-state index contributed by atoms with van der Waals surface area (Å²) in [6, 6.07) is 24.5. The number of aromatic nitrogens is 2. The summed E-state index contributed by atoms with van der Waals surface area (Å²) < 4.78 is 8.30. The smallest absolute Gasteiger partial charge is 0.193 e. The molecule has 0 amide bonds. The first-order valence-electron chi connectivity index (χ1n) is 10.2. The lowest BCUT2D eigenvalue weighted by molar-refractivity contribution is 0.103. The molecule has 0 aliphatic carbocycles. The molecule has 1 atom stereocenters. The summed E-state index contributed by atoms with van der Waals surface area (Å²) in [5.74, 6) is 0.746. The number of ketones is 1. The van der Waals surface area contributed by atoms with Gasteiger partial charge in [0.15, 0.2) is 5.78 Å². The van der Waals surface area contributed by atoms with Crippen LogP contribution in [0, 0.1) is 0 Å². The lowest BCUT2D eigenvalue weighted by atomic mass is 10.0. The zero-order valence-electron chi connectivity index (χ0n) is 17.0. The number of imidazole rings is 1. The Hall–Kier alpha value is -3.37. The molecular formula is C26H23ClN2O2. The molecule has 0 bridgehead atoms. The number of ether oxygens (including phenoxy) is 1. The normalized spacial score (nSPS) is 11.8. The molecular weight excluding hydrogens is 408 g/mol. The Labute approximate surface area is 187 Å². The predicted molar refractivity (Wildman–Crippen MR) is 123 cm³/mol. The average Bonchev–Trinajstić information content (AvgIpc) is 3.32. The summed E-state index contributed by atoms with van der Waals surface area (Å²) in [6.45, 7) is 0.693. The van der Waals surface area contributed by atoms with Crippen molar-refractivity contribution in [3.05, 3.63) is 119 Å². The fraction of sp³-hybridized carbons (Fsp3) is 0.154. The molecule has 4 aromatic rings. The molecule has 0 fully saturated rings. The van der Waals surface area contributed by atoms with E-state index < -0.39 is 0 Å². The zero-order chi connectivity index (χ0) is 21.5. The molecule has 156 valence electrons. The van der Waals surface area contributed by atoms with Crippen molar-refractivity contribution >= 4 is 17.4 Å². The largest absolute Gasteiger partial charge is 0.489 e. The predicted octanol–water partition coefficient (Wildman–Crippen LogP) is 5.85. The third-order valence-electron chi connectivity index (χ3n) is 5.10. The van der Waals surface area contributed by atoms with Crippen LogP contribution in [0.2, 0.25) is 5.02 Å².